The summed E-state index contributed by atoms with van der Waals surface area (Å²) in [5.41, 5.74) is 3.88. The van der Waals surface area contributed by atoms with Crippen molar-refractivity contribution in [3.63, 3.8) is 0 Å². The van der Waals surface area contributed by atoms with Crippen molar-refractivity contribution < 1.29 is 22.5 Å². The van der Waals surface area contributed by atoms with Gasteiger partial charge in [-0.05, 0) is 47.6 Å². The van der Waals surface area contributed by atoms with Crippen molar-refractivity contribution in [3.05, 3.63) is 95.5 Å². The zero-order valence-electron chi connectivity index (χ0n) is 17.5. The Morgan fingerprint density at radius 3 is 2.17 bits per heavy atom. The van der Waals surface area contributed by atoms with Gasteiger partial charge in [-0.15, -0.1) is 0 Å². The van der Waals surface area contributed by atoms with Gasteiger partial charge >= 0.3 is 7.11 Å². The average Bonchev–Trinajstić information content (AvgIpc) is 2.70. The zero-order valence-corrected chi connectivity index (χ0v) is 17.5. The molecule has 7 heteroatoms. The molecule has 0 aromatic heterocycles. The SMILES string of the molecule is CN(C)c1ccc(/C=C/C2=CC(=CC=C3C=CC(=[N+](C)C)C=C3)O[B-](F)(F)O2)cc1. The summed E-state index contributed by atoms with van der Waals surface area (Å²) in [6.45, 7) is 0. The van der Waals surface area contributed by atoms with E-state index in [-0.39, 0.29) is 11.5 Å². The molecule has 156 valence electrons. The summed E-state index contributed by atoms with van der Waals surface area (Å²) < 4.78 is 39.2. The average molecular weight is 410 g/mol. The predicted molar refractivity (Wildman–Crippen MR) is 120 cm³/mol. The topological polar surface area (TPSA) is 24.7 Å². The molecule has 0 amide bonds. The number of benzene rings is 1. The molecule has 2 aliphatic rings. The third kappa shape index (κ3) is 5.83. The van der Waals surface area contributed by atoms with Crippen molar-refractivity contribution in [3.8, 4) is 0 Å². The van der Waals surface area contributed by atoms with Crippen molar-refractivity contribution in [2.45, 2.75) is 0 Å². The van der Waals surface area contributed by atoms with Crippen LogP contribution in [0.2, 0.25) is 0 Å². The number of allylic oxidation sites excluding steroid dienone is 9. The van der Waals surface area contributed by atoms with Gasteiger partial charge in [0.05, 0.1) is 11.5 Å². The second-order valence-corrected chi connectivity index (χ2v) is 7.36. The summed E-state index contributed by atoms with van der Waals surface area (Å²) in [5.74, 6) is 0.0936. The van der Waals surface area contributed by atoms with E-state index in [1.54, 1.807) is 12.2 Å². The van der Waals surface area contributed by atoms with Crippen LogP contribution >= 0.6 is 0 Å². The highest BCUT2D eigenvalue weighted by Crippen LogP contribution is 2.28. The van der Waals surface area contributed by atoms with Crippen LogP contribution in [0.5, 0.6) is 0 Å². The van der Waals surface area contributed by atoms with E-state index in [0.717, 1.165) is 22.5 Å². The molecule has 0 saturated carbocycles. The molecule has 1 aliphatic heterocycles. The highest BCUT2D eigenvalue weighted by atomic mass is 19.3. The number of halogens is 2. The molecule has 0 spiro atoms. The fourth-order valence-corrected chi connectivity index (χ4v) is 2.85. The van der Waals surface area contributed by atoms with Crippen LogP contribution in [0, 0.1) is 0 Å². The lowest BCUT2D eigenvalue weighted by atomic mass is 10.1. The third-order valence-electron chi connectivity index (χ3n) is 4.53. The maximum absolute atomic E-state index is 13.9. The molecule has 1 aliphatic carbocycles. The van der Waals surface area contributed by atoms with Gasteiger partial charge in [0, 0.05) is 38.0 Å². The van der Waals surface area contributed by atoms with Crippen molar-refractivity contribution >= 4 is 24.6 Å². The summed E-state index contributed by atoms with van der Waals surface area (Å²) in [6, 6.07) is 7.74. The lowest BCUT2D eigenvalue weighted by Gasteiger charge is -2.33. The van der Waals surface area contributed by atoms with E-state index in [9.17, 15) is 8.63 Å². The predicted octanol–water partition coefficient (Wildman–Crippen LogP) is 4.72. The summed E-state index contributed by atoms with van der Waals surface area (Å²) in [5, 5.41) is 0. The van der Waals surface area contributed by atoms with E-state index in [1.165, 1.54) is 18.2 Å². The van der Waals surface area contributed by atoms with Gasteiger partial charge in [-0.25, -0.2) is 4.58 Å². The molecular weight excluding hydrogens is 385 g/mol. The van der Waals surface area contributed by atoms with E-state index in [4.69, 9.17) is 9.31 Å². The Hall–Kier alpha value is -3.35. The molecule has 0 radical (unpaired) electrons. The van der Waals surface area contributed by atoms with Crippen LogP contribution in [-0.2, 0) is 9.31 Å². The second kappa shape index (κ2) is 8.99. The molecule has 0 N–H and O–H groups in total. The summed E-state index contributed by atoms with van der Waals surface area (Å²) in [4.78, 5) is 1.99. The molecule has 0 fully saturated rings. The molecule has 1 aromatic carbocycles. The lowest BCUT2D eigenvalue weighted by molar-refractivity contribution is -0.462. The van der Waals surface area contributed by atoms with Crippen LogP contribution in [0.15, 0.2) is 90.0 Å². The first-order valence-corrected chi connectivity index (χ1v) is 9.59. The second-order valence-electron chi connectivity index (χ2n) is 7.36. The molecule has 0 saturated heterocycles. The number of anilines is 1. The fraction of sp³-hybridized carbons (Fsp3) is 0.174. The first kappa shape index (κ1) is 21.4. The molecule has 0 unspecified atom stereocenters. The van der Waals surface area contributed by atoms with Gasteiger partial charge in [-0.2, -0.15) is 0 Å². The Balaban J connectivity index is 1.78. The van der Waals surface area contributed by atoms with Gasteiger partial charge in [0.25, 0.3) is 0 Å². The first-order valence-electron chi connectivity index (χ1n) is 9.59. The zero-order chi connectivity index (χ0) is 21.7. The lowest BCUT2D eigenvalue weighted by Crippen LogP contribution is -2.33. The van der Waals surface area contributed by atoms with Gasteiger partial charge in [0.15, 0.2) is 5.71 Å². The van der Waals surface area contributed by atoms with Gasteiger partial charge in [-0.3, -0.25) is 0 Å². The Labute approximate surface area is 176 Å². The maximum Gasteiger partial charge on any atom is 0.725 e. The van der Waals surface area contributed by atoms with Crippen LogP contribution < -0.4 is 4.90 Å². The van der Waals surface area contributed by atoms with Crippen molar-refractivity contribution in [1.29, 1.82) is 0 Å². The minimum atomic E-state index is -4.42. The van der Waals surface area contributed by atoms with Gasteiger partial charge in [-0.1, -0.05) is 24.3 Å². The Morgan fingerprint density at radius 1 is 0.900 bits per heavy atom. The molecule has 0 bridgehead atoms. The van der Waals surface area contributed by atoms with Crippen LogP contribution in [0.3, 0.4) is 0 Å². The van der Waals surface area contributed by atoms with Crippen LogP contribution in [0.1, 0.15) is 5.56 Å². The molecule has 30 heavy (non-hydrogen) atoms. The summed E-state index contributed by atoms with van der Waals surface area (Å²) >= 11 is 0. The maximum atomic E-state index is 13.9. The van der Waals surface area contributed by atoms with Crippen LogP contribution in [0.25, 0.3) is 6.08 Å². The van der Waals surface area contributed by atoms with E-state index in [1.807, 2.05) is 86.2 Å². The minimum Gasteiger partial charge on any atom is -0.627 e. The first-order chi connectivity index (χ1) is 14.2. The van der Waals surface area contributed by atoms with E-state index in [2.05, 4.69) is 0 Å². The highest BCUT2D eigenvalue weighted by Gasteiger charge is 2.36. The molecule has 3 rings (SSSR count). The number of hydrogen-bond donors (Lipinski definition) is 0. The normalized spacial score (nSPS) is 18.9. The third-order valence-corrected chi connectivity index (χ3v) is 4.53. The smallest absolute Gasteiger partial charge is 0.627 e. The summed E-state index contributed by atoms with van der Waals surface area (Å²) in [6.07, 6.45) is 15.7. The molecule has 4 nitrogen and oxygen atoms in total. The van der Waals surface area contributed by atoms with Crippen molar-refractivity contribution in [1.82, 2.24) is 0 Å². The summed E-state index contributed by atoms with van der Waals surface area (Å²) in [7, 11) is 3.41. The Bertz CT molecular complexity index is 992. The Kier molecular flexibility index (Phi) is 6.40. The minimum absolute atomic E-state index is 0.0468. The van der Waals surface area contributed by atoms with E-state index >= 15 is 0 Å². The molecular formula is C23H25BF2N2O2. The van der Waals surface area contributed by atoms with Gasteiger partial charge in [0.1, 0.15) is 14.1 Å². The van der Waals surface area contributed by atoms with Gasteiger partial charge in [0.2, 0.25) is 0 Å². The number of rotatable bonds is 4. The largest absolute Gasteiger partial charge is 0.725 e. The quantitative estimate of drug-likeness (QED) is 0.531. The standard InChI is InChI=1S/C23H25BF2N2O2/c1-27(2)20-11-5-18(6-12-20)9-15-22-17-23(30-24(25,26)29-22)16-10-19-7-13-21(14-8-19)28(3)4/h5-17H,1-4H3. The Morgan fingerprint density at radius 2 is 1.57 bits per heavy atom. The van der Waals surface area contributed by atoms with Crippen LogP contribution in [0.4, 0.5) is 14.3 Å². The van der Waals surface area contributed by atoms with Crippen molar-refractivity contribution in [2.75, 3.05) is 33.1 Å². The van der Waals surface area contributed by atoms with Gasteiger partial charge < -0.3 is 22.8 Å². The molecule has 0 atom stereocenters. The fourth-order valence-electron chi connectivity index (χ4n) is 2.85. The molecule has 1 aromatic rings. The number of nitrogens with zero attached hydrogens (tertiary/aromatic N) is 2. The van der Waals surface area contributed by atoms with Crippen LogP contribution in [-0.4, -0.2) is 45.6 Å². The highest BCUT2D eigenvalue weighted by molar-refractivity contribution is 6.53. The number of hydrogen-bond acceptors (Lipinski definition) is 3. The van der Waals surface area contributed by atoms with E-state index in [0.29, 0.717) is 0 Å². The van der Waals surface area contributed by atoms with Crippen molar-refractivity contribution in [2.24, 2.45) is 0 Å². The monoisotopic (exact) mass is 410 g/mol. The van der Waals surface area contributed by atoms with E-state index < -0.39 is 7.11 Å². The molecule has 1 heterocycles.